The van der Waals surface area contributed by atoms with Crippen LogP contribution in [0, 0.1) is 28.8 Å². The van der Waals surface area contributed by atoms with Crippen molar-refractivity contribution in [3.63, 3.8) is 0 Å². The minimum Gasteiger partial charge on any atom is -0.253 e. The number of benzene rings is 1. The van der Waals surface area contributed by atoms with Gasteiger partial charge in [-0.05, 0) is 24.3 Å². The van der Waals surface area contributed by atoms with Gasteiger partial charge in [-0.1, -0.05) is 0 Å². The van der Waals surface area contributed by atoms with Crippen LogP contribution in [0.3, 0.4) is 0 Å². The molecule has 1 heterocycles. The lowest BCUT2D eigenvalue weighted by Crippen LogP contribution is -1.95. The van der Waals surface area contributed by atoms with Gasteiger partial charge in [-0.3, -0.25) is 4.98 Å². The molecule has 0 saturated heterocycles. The maximum atomic E-state index is 13.7. The second-order valence-electron chi connectivity index (χ2n) is 3.26. The zero-order valence-corrected chi connectivity index (χ0v) is 8.42. The second kappa shape index (κ2) is 4.26. The molecule has 2 aromatic rings. The molecule has 0 aliphatic rings. The van der Waals surface area contributed by atoms with Gasteiger partial charge in [0.2, 0.25) is 0 Å². The van der Waals surface area contributed by atoms with E-state index in [1.165, 1.54) is 12.1 Å². The van der Waals surface area contributed by atoms with Crippen LogP contribution in [-0.2, 0) is 0 Å². The van der Waals surface area contributed by atoms with Gasteiger partial charge in [0.25, 0.3) is 0 Å². The van der Waals surface area contributed by atoms with Gasteiger partial charge in [0.1, 0.15) is 23.3 Å². The number of rotatable bonds is 1. The van der Waals surface area contributed by atoms with Crippen molar-refractivity contribution in [1.82, 2.24) is 4.98 Å². The van der Waals surface area contributed by atoms with Gasteiger partial charge in [-0.15, -0.1) is 0 Å². The molecule has 0 N–H and O–H groups in total. The third-order valence-electron chi connectivity index (χ3n) is 2.21. The lowest BCUT2D eigenvalue weighted by Gasteiger charge is -2.04. The molecule has 0 saturated carbocycles. The number of nitrogens with zero attached hydrogens (tertiary/aromatic N) is 2. The molecule has 1 aromatic carbocycles. The SMILES string of the molecule is N#Cc1c(F)ccc(-c2ccc(F)cn2)c1F. The molecule has 2 rings (SSSR count). The monoisotopic (exact) mass is 234 g/mol. The van der Waals surface area contributed by atoms with Crippen LogP contribution in [0.5, 0.6) is 0 Å². The van der Waals surface area contributed by atoms with Gasteiger partial charge in [-0.2, -0.15) is 5.26 Å². The number of hydrogen-bond donors (Lipinski definition) is 0. The van der Waals surface area contributed by atoms with E-state index in [1.807, 2.05) is 0 Å². The number of pyridine rings is 1. The normalized spacial score (nSPS) is 10.0. The minimum absolute atomic E-state index is 0.0389. The van der Waals surface area contributed by atoms with Crippen molar-refractivity contribution >= 4 is 0 Å². The first-order chi connectivity index (χ1) is 8.13. The highest BCUT2D eigenvalue weighted by atomic mass is 19.1. The molecular weight excluding hydrogens is 229 g/mol. The molecule has 0 radical (unpaired) electrons. The minimum atomic E-state index is -0.994. The van der Waals surface area contributed by atoms with Crippen LogP contribution in [-0.4, -0.2) is 4.98 Å². The van der Waals surface area contributed by atoms with Crippen LogP contribution < -0.4 is 0 Å². The highest BCUT2D eigenvalue weighted by molar-refractivity contribution is 5.62. The van der Waals surface area contributed by atoms with Crippen LogP contribution in [0.4, 0.5) is 13.2 Å². The van der Waals surface area contributed by atoms with E-state index < -0.39 is 23.0 Å². The zero-order valence-electron chi connectivity index (χ0n) is 8.42. The van der Waals surface area contributed by atoms with E-state index >= 15 is 0 Å². The Morgan fingerprint density at radius 2 is 1.82 bits per heavy atom. The van der Waals surface area contributed by atoms with Gasteiger partial charge >= 0.3 is 0 Å². The van der Waals surface area contributed by atoms with E-state index in [1.54, 1.807) is 0 Å². The quantitative estimate of drug-likeness (QED) is 0.760. The first-order valence-corrected chi connectivity index (χ1v) is 4.63. The van der Waals surface area contributed by atoms with Gasteiger partial charge in [0.15, 0.2) is 5.82 Å². The Labute approximate surface area is 95.0 Å². The molecule has 0 unspecified atom stereocenters. The molecule has 0 amide bonds. The third-order valence-corrected chi connectivity index (χ3v) is 2.21. The second-order valence-corrected chi connectivity index (χ2v) is 3.26. The van der Waals surface area contributed by atoms with Gasteiger partial charge in [0.05, 0.1) is 11.9 Å². The molecule has 1 aromatic heterocycles. The van der Waals surface area contributed by atoms with Crippen molar-refractivity contribution in [3.8, 4) is 17.3 Å². The van der Waals surface area contributed by atoms with Crippen molar-refractivity contribution < 1.29 is 13.2 Å². The van der Waals surface area contributed by atoms with E-state index in [0.717, 1.165) is 24.4 Å². The summed E-state index contributed by atoms with van der Waals surface area (Å²) in [7, 11) is 0. The highest BCUT2D eigenvalue weighted by Gasteiger charge is 2.15. The molecule has 17 heavy (non-hydrogen) atoms. The smallest absolute Gasteiger partial charge is 0.153 e. The topological polar surface area (TPSA) is 36.7 Å². The maximum absolute atomic E-state index is 13.7. The highest BCUT2D eigenvalue weighted by Crippen LogP contribution is 2.24. The molecule has 0 spiro atoms. The van der Waals surface area contributed by atoms with Crippen LogP contribution in [0.15, 0.2) is 30.5 Å². The summed E-state index contributed by atoms with van der Waals surface area (Å²) < 4.78 is 39.4. The lowest BCUT2D eigenvalue weighted by atomic mass is 10.1. The lowest BCUT2D eigenvalue weighted by molar-refractivity contribution is 0.578. The van der Waals surface area contributed by atoms with Crippen LogP contribution in [0.1, 0.15) is 5.56 Å². The van der Waals surface area contributed by atoms with Crippen LogP contribution in [0.2, 0.25) is 0 Å². The van der Waals surface area contributed by atoms with E-state index in [0.29, 0.717) is 0 Å². The first-order valence-electron chi connectivity index (χ1n) is 4.63. The Bertz CT molecular complexity index is 600. The van der Waals surface area contributed by atoms with Crippen molar-refractivity contribution in [2.24, 2.45) is 0 Å². The zero-order chi connectivity index (χ0) is 12.4. The molecule has 84 valence electrons. The summed E-state index contributed by atoms with van der Waals surface area (Å²) in [5, 5.41) is 8.60. The Hall–Kier alpha value is -2.35. The first kappa shape index (κ1) is 11.1. The van der Waals surface area contributed by atoms with Gasteiger partial charge < -0.3 is 0 Å². The Kier molecular flexibility index (Phi) is 2.79. The predicted octanol–water partition coefficient (Wildman–Crippen LogP) is 3.04. The molecule has 0 bridgehead atoms. The van der Waals surface area contributed by atoms with Gasteiger partial charge in [0, 0.05) is 5.56 Å². The fraction of sp³-hybridized carbons (Fsp3) is 0. The average molecular weight is 234 g/mol. The number of hydrogen-bond acceptors (Lipinski definition) is 2. The third kappa shape index (κ3) is 1.97. The van der Waals surface area contributed by atoms with Crippen LogP contribution >= 0.6 is 0 Å². The number of nitriles is 1. The summed E-state index contributed by atoms with van der Waals surface area (Å²) in [5.41, 5.74) is -0.572. The summed E-state index contributed by atoms with van der Waals surface area (Å²) >= 11 is 0. The van der Waals surface area contributed by atoms with Crippen molar-refractivity contribution in [2.75, 3.05) is 0 Å². The summed E-state index contributed by atoms with van der Waals surface area (Å²) in [6.07, 6.45) is 0.921. The van der Waals surface area contributed by atoms with Crippen molar-refractivity contribution in [3.05, 3.63) is 53.5 Å². The summed E-state index contributed by atoms with van der Waals surface area (Å²) in [6, 6.07) is 5.93. The van der Waals surface area contributed by atoms with Crippen molar-refractivity contribution in [2.45, 2.75) is 0 Å². The summed E-state index contributed by atoms with van der Waals surface area (Å²) in [5.74, 6) is -2.49. The molecule has 5 heteroatoms. The molecule has 0 aliphatic heterocycles. The van der Waals surface area contributed by atoms with Crippen LogP contribution in [0.25, 0.3) is 11.3 Å². The number of halogens is 3. The number of aromatic nitrogens is 1. The maximum Gasteiger partial charge on any atom is 0.153 e. The van der Waals surface area contributed by atoms with E-state index in [9.17, 15) is 13.2 Å². The van der Waals surface area contributed by atoms with E-state index in [2.05, 4.69) is 4.98 Å². The fourth-order valence-electron chi connectivity index (χ4n) is 1.39. The standard InChI is InChI=1S/C12H5F3N2/c13-7-1-4-11(17-6-7)8-2-3-10(14)9(5-16)12(8)15/h1-4,6H. The largest absolute Gasteiger partial charge is 0.253 e. The molecular formula is C12H5F3N2. The fourth-order valence-corrected chi connectivity index (χ4v) is 1.39. The molecule has 0 fully saturated rings. The average Bonchev–Trinajstić information content (AvgIpc) is 2.31. The molecule has 2 nitrogen and oxygen atoms in total. The Morgan fingerprint density at radius 3 is 2.41 bits per heavy atom. The predicted molar refractivity (Wildman–Crippen MR) is 54.3 cm³/mol. The van der Waals surface area contributed by atoms with E-state index in [4.69, 9.17) is 5.26 Å². The van der Waals surface area contributed by atoms with Crippen molar-refractivity contribution in [1.29, 1.82) is 5.26 Å². The molecule has 0 aliphatic carbocycles. The van der Waals surface area contributed by atoms with E-state index in [-0.39, 0.29) is 11.3 Å². The van der Waals surface area contributed by atoms with Gasteiger partial charge in [-0.25, -0.2) is 13.2 Å². The molecule has 0 atom stereocenters. The summed E-state index contributed by atoms with van der Waals surface area (Å²) in [4.78, 5) is 3.67. The Morgan fingerprint density at radius 1 is 1.06 bits per heavy atom. The Balaban J connectivity index is 2.61. The summed E-state index contributed by atoms with van der Waals surface area (Å²) in [6.45, 7) is 0.